The van der Waals surface area contributed by atoms with Crippen molar-refractivity contribution in [2.45, 2.75) is 5.33 Å². The van der Waals surface area contributed by atoms with E-state index in [0.29, 0.717) is 11.1 Å². The summed E-state index contributed by atoms with van der Waals surface area (Å²) in [4.78, 5) is 0. The first-order valence-electron chi connectivity index (χ1n) is 4.98. The fraction of sp³-hybridized carbons (Fsp3) is 0.0769. The SMILES string of the molecule is Fc1cccc(CBr)c1Oc1ccccc1Br. The van der Waals surface area contributed by atoms with Crippen LogP contribution in [0.1, 0.15) is 5.56 Å². The van der Waals surface area contributed by atoms with Crippen LogP contribution in [0.4, 0.5) is 4.39 Å². The zero-order chi connectivity index (χ0) is 12.3. The summed E-state index contributed by atoms with van der Waals surface area (Å²) >= 11 is 6.68. The monoisotopic (exact) mass is 358 g/mol. The highest BCUT2D eigenvalue weighted by Gasteiger charge is 2.11. The van der Waals surface area contributed by atoms with Crippen LogP contribution >= 0.6 is 31.9 Å². The number of ether oxygens (including phenoxy) is 1. The number of hydrogen-bond donors (Lipinski definition) is 0. The molecule has 4 heteroatoms. The number of hydrogen-bond acceptors (Lipinski definition) is 1. The van der Waals surface area contributed by atoms with Crippen molar-refractivity contribution in [3.05, 3.63) is 58.3 Å². The molecule has 0 aromatic heterocycles. The topological polar surface area (TPSA) is 9.23 Å². The van der Waals surface area contributed by atoms with Crippen LogP contribution in [0.25, 0.3) is 0 Å². The van der Waals surface area contributed by atoms with Gasteiger partial charge in [0.1, 0.15) is 5.75 Å². The molecule has 2 aromatic carbocycles. The van der Waals surface area contributed by atoms with Crippen LogP contribution in [0.5, 0.6) is 11.5 Å². The Morgan fingerprint density at radius 2 is 1.82 bits per heavy atom. The molecule has 0 heterocycles. The maximum absolute atomic E-state index is 13.7. The minimum absolute atomic E-state index is 0.260. The fourth-order valence-corrected chi connectivity index (χ4v) is 2.22. The summed E-state index contributed by atoms with van der Waals surface area (Å²) in [5.41, 5.74) is 0.778. The zero-order valence-corrected chi connectivity index (χ0v) is 12.0. The van der Waals surface area contributed by atoms with E-state index in [0.717, 1.165) is 10.0 Å². The van der Waals surface area contributed by atoms with Crippen molar-refractivity contribution in [1.82, 2.24) is 0 Å². The van der Waals surface area contributed by atoms with Gasteiger partial charge in [-0.05, 0) is 34.1 Å². The van der Waals surface area contributed by atoms with Gasteiger partial charge in [-0.15, -0.1) is 0 Å². The third-order valence-electron chi connectivity index (χ3n) is 2.24. The van der Waals surface area contributed by atoms with Gasteiger partial charge in [-0.25, -0.2) is 4.39 Å². The standard InChI is InChI=1S/C13H9Br2FO/c14-8-9-4-3-6-11(16)13(9)17-12-7-2-1-5-10(12)15/h1-7H,8H2. The zero-order valence-electron chi connectivity index (χ0n) is 8.79. The van der Waals surface area contributed by atoms with Gasteiger partial charge in [0.05, 0.1) is 4.47 Å². The van der Waals surface area contributed by atoms with Crippen molar-refractivity contribution in [2.24, 2.45) is 0 Å². The molecule has 0 aliphatic heterocycles. The molecule has 0 N–H and O–H groups in total. The van der Waals surface area contributed by atoms with Crippen LogP contribution in [0.3, 0.4) is 0 Å². The molecule has 0 atom stereocenters. The quantitative estimate of drug-likeness (QED) is 0.678. The Bertz CT molecular complexity index is 529. The summed E-state index contributed by atoms with van der Waals surface area (Å²) in [6, 6.07) is 12.2. The van der Waals surface area contributed by atoms with Crippen molar-refractivity contribution in [3.63, 3.8) is 0 Å². The van der Waals surface area contributed by atoms with Crippen LogP contribution < -0.4 is 4.74 Å². The molecule has 0 aliphatic rings. The molecular formula is C13H9Br2FO. The summed E-state index contributed by atoms with van der Waals surface area (Å²) in [5.74, 6) is 0.494. The smallest absolute Gasteiger partial charge is 0.167 e. The Balaban J connectivity index is 2.39. The van der Waals surface area contributed by atoms with Gasteiger partial charge in [-0.3, -0.25) is 0 Å². The van der Waals surface area contributed by atoms with E-state index in [-0.39, 0.29) is 11.6 Å². The molecule has 0 spiro atoms. The Hall–Kier alpha value is -0.870. The molecule has 0 unspecified atom stereocenters. The van der Waals surface area contributed by atoms with E-state index >= 15 is 0 Å². The van der Waals surface area contributed by atoms with Gasteiger partial charge >= 0.3 is 0 Å². The summed E-state index contributed by atoms with van der Waals surface area (Å²) in [6.45, 7) is 0. The van der Waals surface area contributed by atoms with Crippen molar-refractivity contribution in [2.75, 3.05) is 0 Å². The summed E-state index contributed by atoms with van der Waals surface area (Å²) < 4.78 is 20.1. The Morgan fingerprint density at radius 3 is 2.53 bits per heavy atom. The number of halogens is 3. The van der Waals surface area contributed by atoms with Gasteiger partial charge in [0, 0.05) is 10.9 Å². The van der Waals surface area contributed by atoms with Gasteiger partial charge in [0.25, 0.3) is 0 Å². The van der Waals surface area contributed by atoms with Crippen molar-refractivity contribution >= 4 is 31.9 Å². The fourth-order valence-electron chi connectivity index (χ4n) is 1.41. The second-order valence-corrected chi connectivity index (χ2v) is 4.81. The second kappa shape index (κ2) is 5.65. The Labute approximate surface area is 116 Å². The maximum atomic E-state index is 13.7. The second-order valence-electron chi connectivity index (χ2n) is 3.39. The predicted octanol–water partition coefficient (Wildman–Crippen LogP) is 5.28. The Morgan fingerprint density at radius 1 is 1.06 bits per heavy atom. The highest BCUT2D eigenvalue weighted by atomic mass is 79.9. The molecule has 0 fully saturated rings. The van der Waals surface area contributed by atoms with E-state index in [1.54, 1.807) is 12.1 Å². The number of para-hydroxylation sites is 2. The highest BCUT2D eigenvalue weighted by molar-refractivity contribution is 9.10. The van der Waals surface area contributed by atoms with E-state index in [1.807, 2.05) is 24.3 Å². The largest absolute Gasteiger partial charge is 0.453 e. The molecular weight excluding hydrogens is 351 g/mol. The van der Waals surface area contributed by atoms with E-state index in [4.69, 9.17) is 4.74 Å². The maximum Gasteiger partial charge on any atom is 0.167 e. The summed E-state index contributed by atoms with van der Waals surface area (Å²) in [5, 5.41) is 0.546. The lowest BCUT2D eigenvalue weighted by molar-refractivity contribution is 0.436. The molecule has 0 aliphatic carbocycles. The van der Waals surface area contributed by atoms with Gasteiger partial charge in [0.2, 0.25) is 0 Å². The van der Waals surface area contributed by atoms with E-state index in [9.17, 15) is 4.39 Å². The first kappa shape index (κ1) is 12.6. The minimum atomic E-state index is -0.363. The molecule has 2 aromatic rings. The van der Waals surface area contributed by atoms with Crippen LogP contribution in [0.2, 0.25) is 0 Å². The predicted molar refractivity (Wildman–Crippen MR) is 73.2 cm³/mol. The van der Waals surface area contributed by atoms with Crippen molar-refractivity contribution in [3.8, 4) is 11.5 Å². The molecule has 0 saturated carbocycles. The minimum Gasteiger partial charge on any atom is -0.453 e. The van der Waals surface area contributed by atoms with E-state index < -0.39 is 0 Å². The van der Waals surface area contributed by atoms with Crippen LogP contribution in [-0.2, 0) is 5.33 Å². The molecule has 2 rings (SSSR count). The normalized spacial score (nSPS) is 10.3. The molecule has 0 amide bonds. The molecule has 0 bridgehead atoms. The lowest BCUT2D eigenvalue weighted by Gasteiger charge is -2.11. The molecule has 0 radical (unpaired) electrons. The van der Waals surface area contributed by atoms with Gasteiger partial charge in [-0.1, -0.05) is 40.2 Å². The molecule has 17 heavy (non-hydrogen) atoms. The first-order valence-corrected chi connectivity index (χ1v) is 6.89. The molecule has 0 saturated heterocycles. The van der Waals surface area contributed by atoms with Crippen LogP contribution in [0.15, 0.2) is 46.9 Å². The average molecular weight is 360 g/mol. The Kier molecular flexibility index (Phi) is 4.18. The third kappa shape index (κ3) is 2.87. The highest BCUT2D eigenvalue weighted by Crippen LogP contribution is 2.33. The number of rotatable bonds is 3. The van der Waals surface area contributed by atoms with E-state index in [2.05, 4.69) is 31.9 Å². The van der Waals surface area contributed by atoms with Gasteiger partial charge in [-0.2, -0.15) is 0 Å². The van der Waals surface area contributed by atoms with Gasteiger partial charge in [0.15, 0.2) is 11.6 Å². The lowest BCUT2D eigenvalue weighted by Crippen LogP contribution is -1.93. The van der Waals surface area contributed by atoms with Crippen molar-refractivity contribution in [1.29, 1.82) is 0 Å². The first-order chi connectivity index (χ1) is 8.22. The van der Waals surface area contributed by atoms with Gasteiger partial charge < -0.3 is 4.74 Å². The summed E-state index contributed by atoms with van der Waals surface area (Å²) in [6.07, 6.45) is 0. The molecule has 1 nitrogen and oxygen atoms in total. The lowest BCUT2D eigenvalue weighted by atomic mass is 10.2. The molecule has 88 valence electrons. The van der Waals surface area contributed by atoms with Crippen LogP contribution in [0, 0.1) is 5.82 Å². The summed E-state index contributed by atoms with van der Waals surface area (Å²) in [7, 11) is 0. The number of alkyl halides is 1. The van der Waals surface area contributed by atoms with Crippen LogP contribution in [-0.4, -0.2) is 0 Å². The third-order valence-corrected chi connectivity index (χ3v) is 3.50. The number of benzene rings is 2. The van der Waals surface area contributed by atoms with E-state index in [1.165, 1.54) is 6.07 Å². The average Bonchev–Trinajstić information content (AvgIpc) is 2.34. The van der Waals surface area contributed by atoms with Crippen molar-refractivity contribution < 1.29 is 9.13 Å².